The molecule has 0 radical (unpaired) electrons. The lowest BCUT2D eigenvalue weighted by molar-refractivity contribution is -0.137. The summed E-state index contributed by atoms with van der Waals surface area (Å²) in [5, 5.41) is 12.8. The van der Waals surface area contributed by atoms with E-state index in [0.717, 1.165) is 36.8 Å². The lowest BCUT2D eigenvalue weighted by atomic mass is 9.82. The van der Waals surface area contributed by atoms with Crippen LogP contribution in [-0.2, 0) is 20.9 Å². The van der Waals surface area contributed by atoms with Crippen LogP contribution < -0.4 is 9.62 Å². The summed E-state index contributed by atoms with van der Waals surface area (Å²) in [4.78, 5) is 12.9. The molecule has 2 N–H and O–H groups in total. The maximum Gasteiger partial charge on any atom is 0.454 e. The maximum atomic E-state index is 13.1. The van der Waals surface area contributed by atoms with Gasteiger partial charge in [-0.2, -0.15) is 13.2 Å². The van der Waals surface area contributed by atoms with Gasteiger partial charge in [-0.05, 0) is 54.8 Å². The van der Waals surface area contributed by atoms with Crippen LogP contribution in [0.1, 0.15) is 40.2 Å². The highest BCUT2D eigenvalue weighted by Crippen LogP contribution is 2.48. The highest BCUT2D eigenvalue weighted by molar-refractivity contribution is 7.92. The molecule has 1 saturated carbocycles. The Kier molecular flexibility index (Phi) is 6.73. The topological polar surface area (TPSA) is 109 Å². The Labute approximate surface area is 217 Å². The number of rotatable bonds is 7. The van der Waals surface area contributed by atoms with Crippen LogP contribution in [0, 0.1) is 5.92 Å². The Morgan fingerprint density at radius 3 is 2.42 bits per heavy atom. The molecule has 13 heteroatoms. The van der Waals surface area contributed by atoms with Gasteiger partial charge in [-0.25, -0.2) is 8.42 Å². The molecular formula is C25H26BF3N2O6S. The Morgan fingerprint density at radius 2 is 1.89 bits per heavy atom. The molecule has 5 rings (SSSR count). The SMILES string of the molecule is CNC(=O)c1c(-c2ccc(C(F)(F)F)cc2)oc2cc(N(CC3COB(O)C3)S(C)(=O)=O)c(C3CC3)cc12. The van der Waals surface area contributed by atoms with Crippen LogP contribution in [0.25, 0.3) is 22.3 Å². The summed E-state index contributed by atoms with van der Waals surface area (Å²) in [5.74, 6) is -0.523. The molecule has 1 aliphatic heterocycles. The highest BCUT2D eigenvalue weighted by atomic mass is 32.2. The Hall–Kier alpha value is -3.03. The third kappa shape index (κ3) is 5.14. The standard InChI is InChI=1S/C25H26BF3N2O6S/c1-30-24(32)22-19-9-18(15-3-4-15)20(31(38(2,34)35)12-14-11-26(33)36-13-14)10-21(19)37-23(22)16-5-7-17(8-6-16)25(27,28)29/h5-10,14-15,33H,3-4,11-13H2,1-2H3,(H,30,32). The Morgan fingerprint density at radius 1 is 1.21 bits per heavy atom. The number of fused-ring (bicyclic) bond motifs is 1. The van der Waals surface area contributed by atoms with E-state index in [9.17, 15) is 31.4 Å². The van der Waals surface area contributed by atoms with Crippen molar-refractivity contribution in [2.45, 2.75) is 31.3 Å². The van der Waals surface area contributed by atoms with Gasteiger partial charge in [0.15, 0.2) is 0 Å². The van der Waals surface area contributed by atoms with Gasteiger partial charge in [0.1, 0.15) is 11.3 Å². The number of amides is 1. The smallest absolute Gasteiger partial charge is 0.454 e. The van der Waals surface area contributed by atoms with Crippen molar-refractivity contribution in [3.63, 3.8) is 0 Å². The molecule has 2 aliphatic rings. The molecule has 3 aromatic rings. The number of sulfonamides is 1. The number of halogens is 3. The predicted molar refractivity (Wildman–Crippen MR) is 136 cm³/mol. The number of nitrogens with one attached hydrogen (secondary N) is 1. The number of hydrogen-bond acceptors (Lipinski definition) is 6. The molecule has 1 aromatic heterocycles. The van der Waals surface area contributed by atoms with Crippen LogP contribution in [0.2, 0.25) is 6.32 Å². The van der Waals surface area contributed by atoms with E-state index < -0.39 is 34.8 Å². The van der Waals surface area contributed by atoms with Gasteiger partial charge in [0.25, 0.3) is 5.91 Å². The van der Waals surface area contributed by atoms with Crippen molar-refractivity contribution in [3.05, 3.63) is 53.1 Å². The van der Waals surface area contributed by atoms with Gasteiger partial charge in [0.05, 0.1) is 23.1 Å². The first-order valence-electron chi connectivity index (χ1n) is 12.1. The summed E-state index contributed by atoms with van der Waals surface area (Å²) >= 11 is 0. The summed E-state index contributed by atoms with van der Waals surface area (Å²) in [6.45, 7) is 0.309. The molecule has 2 heterocycles. The zero-order chi connectivity index (χ0) is 27.4. The van der Waals surface area contributed by atoms with Gasteiger partial charge >= 0.3 is 13.3 Å². The van der Waals surface area contributed by atoms with E-state index >= 15 is 0 Å². The zero-order valence-corrected chi connectivity index (χ0v) is 21.5. The molecule has 38 heavy (non-hydrogen) atoms. The molecule has 1 atom stereocenters. The first-order valence-corrected chi connectivity index (χ1v) is 14.0. The van der Waals surface area contributed by atoms with Crippen molar-refractivity contribution >= 4 is 39.7 Å². The second-order valence-electron chi connectivity index (χ2n) is 9.83. The number of alkyl halides is 3. The summed E-state index contributed by atoms with van der Waals surface area (Å²) in [6, 6.07) is 7.65. The fourth-order valence-corrected chi connectivity index (χ4v) is 5.89. The van der Waals surface area contributed by atoms with Gasteiger partial charge in [-0.3, -0.25) is 9.10 Å². The summed E-state index contributed by atoms with van der Waals surface area (Å²) in [5.41, 5.74) is 0.997. The first kappa shape index (κ1) is 26.6. The normalized spacial score (nSPS) is 18.3. The van der Waals surface area contributed by atoms with Crippen molar-refractivity contribution in [1.29, 1.82) is 0 Å². The van der Waals surface area contributed by atoms with E-state index in [1.807, 2.05) is 0 Å². The first-order chi connectivity index (χ1) is 17.9. The summed E-state index contributed by atoms with van der Waals surface area (Å²) in [7, 11) is -3.25. The van der Waals surface area contributed by atoms with Crippen molar-refractivity contribution in [2.75, 3.05) is 30.8 Å². The monoisotopic (exact) mass is 550 g/mol. The quantitative estimate of drug-likeness (QED) is 0.426. The Balaban J connectivity index is 1.67. The molecule has 1 amide bonds. The molecule has 1 aliphatic carbocycles. The fourth-order valence-electron chi connectivity index (χ4n) is 4.89. The molecule has 0 spiro atoms. The minimum atomic E-state index is -4.51. The van der Waals surface area contributed by atoms with Crippen molar-refractivity contribution < 1.29 is 40.5 Å². The second kappa shape index (κ2) is 9.62. The number of benzene rings is 2. The van der Waals surface area contributed by atoms with Gasteiger partial charge in [0.2, 0.25) is 10.0 Å². The summed E-state index contributed by atoms with van der Waals surface area (Å²) < 4.78 is 77.7. The largest absolute Gasteiger partial charge is 0.455 e. The van der Waals surface area contributed by atoms with E-state index in [1.54, 1.807) is 12.1 Å². The van der Waals surface area contributed by atoms with E-state index in [0.29, 0.717) is 17.4 Å². The van der Waals surface area contributed by atoms with Crippen LogP contribution in [0.3, 0.4) is 0 Å². The van der Waals surface area contributed by atoms with Crippen LogP contribution >= 0.6 is 0 Å². The molecule has 8 nitrogen and oxygen atoms in total. The molecule has 2 aromatic carbocycles. The van der Waals surface area contributed by atoms with Crippen LogP contribution in [-0.4, -0.2) is 52.9 Å². The van der Waals surface area contributed by atoms with Crippen molar-refractivity contribution in [2.24, 2.45) is 5.92 Å². The number of carbonyl (C=O) groups excluding carboxylic acids is 1. The maximum absolute atomic E-state index is 13.1. The zero-order valence-electron chi connectivity index (χ0n) is 20.7. The Bertz CT molecular complexity index is 1490. The minimum absolute atomic E-state index is 0.0881. The van der Waals surface area contributed by atoms with Gasteiger partial charge in [-0.1, -0.05) is 12.1 Å². The third-order valence-electron chi connectivity index (χ3n) is 6.94. The minimum Gasteiger partial charge on any atom is -0.455 e. The number of nitrogens with zero attached hydrogens (tertiary/aromatic N) is 1. The van der Waals surface area contributed by atoms with Gasteiger partial charge in [-0.15, -0.1) is 0 Å². The number of carbonyl (C=O) groups is 1. The van der Waals surface area contributed by atoms with E-state index in [4.69, 9.17) is 9.07 Å². The predicted octanol–water partition coefficient (Wildman–Crippen LogP) is 4.25. The molecule has 1 saturated heterocycles. The van der Waals surface area contributed by atoms with Gasteiger partial charge < -0.3 is 19.4 Å². The summed E-state index contributed by atoms with van der Waals surface area (Å²) in [6.07, 6.45) is -1.42. The average Bonchev–Trinajstić information content (AvgIpc) is 3.51. The van der Waals surface area contributed by atoms with E-state index in [1.165, 1.54) is 23.5 Å². The number of furan rings is 1. The molecule has 0 bridgehead atoms. The molecule has 1 unspecified atom stereocenters. The number of hydrogen-bond donors (Lipinski definition) is 2. The molecular weight excluding hydrogens is 524 g/mol. The average molecular weight is 550 g/mol. The highest BCUT2D eigenvalue weighted by Gasteiger charge is 2.37. The third-order valence-corrected chi connectivity index (χ3v) is 8.08. The molecule has 2 fully saturated rings. The molecule has 202 valence electrons. The van der Waals surface area contributed by atoms with Crippen molar-refractivity contribution in [1.82, 2.24) is 5.32 Å². The van der Waals surface area contributed by atoms with Gasteiger partial charge in [0, 0.05) is 37.2 Å². The number of anilines is 1. The lowest BCUT2D eigenvalue weighted by Gasteiger charge is -2.27. The van der Waals surface area contributed by atoms with E-state index in [-0.39, 0.29) is 47.5 Å². The van der Waals surface area contributed by atoms with Crippen molar-refractivity contribution in [3.8, 4) is 11.3 Å². The van der Waals surface area contributed by atoms with E-state index in [2.05, 4.69) is 5.32 Å². The van der Waals surface area contributed by atoms with Crippen LogP contribution in [0.15, 0.2) is 40.8 Å². The second-order valence-corrected chi connectivity index (χ2v) is 11.7. The fraction of sp³-hybridized carbons (Fsp3) is 0.400. The lowest BCUT2D eigenvalue weighted by Crippen LogP contribution is -2.35. The van der Waals surface area contributed by atoms with Crippen LogP contribution in [0.4, 0.5) is 18.9 Å². The van der Waals surface area contributed by atoms with Crippen LogP contribution in [0.5, 0.6) is 0 Å².